The fourth-order valence-electron chi connectivity index (χ4n) is 2.12. The zero-order chi connectivity index (χ0) is 18.6. The number of ether oxygens (including phenoxy) is 2. The van der Waals surface area contributed by atoms with E-state index in [1.165, 1.54) is 14.0 Å². The van der Waals surface area contributed by atoms with Crippen molar-refractivity contribution >= 4 is 33.6 Å². The van der Waals surface area contributed by atoms with Crippen molar-refractivity contribution in [2.24, 2.45) is 0 Å². The predicted molar refractivity (Wildman–Crippen MR) is 96.8 cm³/mol. The van der Waals surface area contributed by atoms with Gasteiger partial charge in [0.2, 0.25) is 0 Å². The Morgan fingerprint density at radius 3 is 2.60 bits per heavy atom. The molecule has 1 aromatic heterocycles. The Hall–Kier alpha value is -2.35. The molecule has 7 nitrogen and oxygen atoms in total. The Morgan fingerprint density at radius 2 is 1.96 bits per heavy atom. The second-order valence-electron chi connectivity index (χ2n) is 5.64. The van der Waals surface area contributed by atoms with Crippen LogP contribution >= 0.6 is 15.9 Å². The minimum absolute atomic E-state index is 0.0934. The van der Waals surface area contributed by atoms with Crippen LogP contribution in [0.15, 0.2) is 34.9 Å². The van der Waals surface area contributed by atoms with Gasteiger partial charge < -0.3 is 14.8 Å². The highest BCUT2D eigenvalue weighted by molar-refractivity contribution is 9.10. The van der Waals surface area contributed by atoms with Crippen LogP contribution in [0.1, 0.15) is 37.2 Å². The lowest BCUT2D eigenvalue weighted by Crippen LogP contribution is -2.31. The molecule has 0 radical (unpaired) electrons. The Labute approximate surface area is 154 Å². The molecule has 1 aromatic carbocycles. The van der Waals surface area contributed by atoms with E-state index in [4.69, 9.17) is 9.47 Å². The van der Waals surface area contributed by atoms with E-state index < -0.39 is 18.0 Å². The molecule has 0 aliphatic rings. The Kier molecular flexibility index (Phi) is 6.19. The maximum absolute atomic E-state index is 12.3. The first-order valence-electron chi connectivity index (χ1n) is 7.72. The topological polar surface area (TPSA) is 82.4 Å². The zero-order valence-corrected chi connectivity index (χ0v) is 16.0. The maximum Gasteiger partial charge on any atom is 0.340 e. The lowest BCUT2D eigenvalue weighted by molar-refractivity contribution is -0.123. The summed E-state index contributed by atoms with van der Waals surface area (Å²) in [5, 5.41) is 6.85. The molecule has 134 valence electrons. The second kappa shape index (κ2) is 8.15. The summed E-state index contributed by atoms with van der Waals surface area (Å²) in [6.07, 6.45) is 0.626. The molecule has 1 N–H and O–H groups in total. The normalized spacial score (nSPS) is 11.9. The van der Waals surface area contributed by atoms with Gasteiger partial charge in [-0.3, -0.25) is 4.79 Å². The number of nitrogens with zero attached hydrogens (tertiary/aromatic N) is 2. The summed E-state index contributed by atoms with van der Waals surface area (Å²) in [4.78, 5) is 24.6. The minimum atomic E-state index is -0.971. The molecule has 2 aromatic rings. The number of methoxy groups -OCH3 is 1. The van der Waals surface area contributed by atoms with E-state index >= 15 is 0 Å². The molecule has 0 saturated carbocycles. The van der Waals surface area contributed by atoms with Crippen molar-refractivity contribution in [2.75, 3.05) is 12.4 Å². The van der Waals surface area contributed by atoms with Gasteiger partial charge in [-0.05, 0) is 54.9 Å². The molecule has 1 atom stereocenters. The summed E-state index contributed by atoms with van der Waals surface area (Å²) in [5.41, 5.74) is 0.284. The smallest absolute Gasteiger partial charge is 0.340 e. The number of benzene rings is 1. The molecule has 0 aliphatic carbocycles. The summed E-state index contributed by atoms with van der Waals surface area (Å²) < 4.78 is 12.6. The molecular formula is C17H20BrN3O4. The number of carbonyl (C=O) groups excluding carboxylic acids is 2. The largest absolute Gasteiger partial charge is 0.497 e. The van der Waals surface area contributed by atoms with Crippen LogP contribution in [0.5, 0.6) is 5.75 Å². The van der Waals surface area contributed by atoms with Crippen LogP contribution in [0.4, 0.5) is 5.82 Å². The lowest BCUT2D eigenvalue weighted by atomic mass is 10.2. The van der Waals surface area contributed by atoms with Crippen LogP contribution in [-0.4, -0.2) is 34.9 Å². The Balaban J connectivity index is 2.06. The van der Waals surface area contributed by atoms with Crippen LogP contribution in [0, 0.1) is 0 Å². The molecule has 0 saturated heterocycles. The van der Waals surface area contributed by atoms with Crippen LogP contribution in [0.3, 0.4) is 0 Å². The van der Waals surface area contributed by atoms with Crippen molar-refractivity contribution in [3.63, 3.8) is 0 Å². The predicted octanol–water partition coefficient (Wildman–Crippen LogP) is 3.42. The van der Waals surface area contributed by atoms with Crippen LogP contribution in [0.2, 0.25) is 0 Å². The van der Waals surface area contributed by atoms with Gasteiger partial charge in [0.15, 0.2) is 6.10 Å². The molecule has 2 rings (SSSR count). The van der Waals surface area contributed by atoms with Crippen LogP contribution < -0.4 is 10.1 Å². The van der Waals surface area contributed by atoms with E-state index in [9.17, 15) is 9.59 Å². The van der Waals surface area contributed by atoms with Gasteiger partial charge in [0.1, 0.15) is 11.6 Å². The summed E-state index contributed by atoms with van der Waals surface area (Å²) >= 11 is 3.29. The zero-order valence-electron chi connectivity index (χ0n) is 14.4. The first-order chi connectivity index (χ1) is 11.8. The van der Waals surface area contributed by atoms with Gasteiger partial charge >= 0.3 is 5.97 Å². The molecule has 0 fully saturated rings. The van der Waals surface area contributed by atoms with E-state index in [2.05, 4.69) is 26.3 Å². The minimum Gasteiger partial charge on any atom is -0.497 e. The number of hydrogen-bond acceptors (Lipinski definition) is 5. The highest BCUT2D eigenvalue weighted by atomic mass is 79.9. The fourth-order valence-corrected chi connectivity index (χ4v) is 2.53. The maximum atomic E-state index is 12.3. The van der Waals surface area contributed by atoms with E-state index in [0.29, 0.717) is 16.0 Å². The first-order valence-corrected chi connectivity index (χ1v) is 8.51. The number of anilines is 1. The second-order valence-corrected chi connectivity index (χ2v) is 6.49. The van der Waals surface area contributed by atoms with Crippen molar-refractivity contribution in [1.82, 2.24) is 9.78 Å². The molecule has 0 spiro atoms. The van der Waals surface area contributed by atoms with E-state index in [0.717, 1.165) is 0 Å². The van der Waals surface area contributed by atoms with Crippen molar-refractivity contribution in [3.8, 4) is 5.75 Å². The van der Waals surface area contributed by atoms with Crippen LogP contribution in [0.25, 0.3) is 0 Å². The van der Waals surface area contributed by atoms with E-state index in [1.54, 1.807) is 35.1 Å². The number of amides is 1. The standard InChI is InChI=1S/C17H20BrN3O4/c1-10(2)21-15(7-8-19-21)20-16(22)11(3)25-17(23)13-9-12(24-4)5-6-14(13)18/h5-11H,1-4H3,(H,20,22). The van der Waals surface area contributed by atoms with Gasteiger partial charge in [-0.1, -0.05) is 0 Å². The van der Waals surface area contributed by atoms with Gasteiger partial charge in [0, 0.05) is 16.6 Å². The monoisotopic (exact) mass is 409 g/mol. The number of rotatable bonds is 6. The average Bonchev–Trinajstić information content (AvgIpc) is 3.03. The van der Waals surface area contributed by atoms with Gasteiger partial charge in [-0.2, -0.15) is 5.10 Å². The van der Waals surface area contributed by atoms with Crippen molar-refractivity contribution < 1.29 is 19.1 Å². The highest BCUT2D eigenvalue weighted by Gasteiger charge is 2.22. The highest BCUT2D eigenvalue weighted by Crippen LogP contribution is 2.23. The number of hydrogen-bond donors (Lipinski definition) is 1. The molecule has 1 amide bonds. The Morgan fingerprint density at radius 1 is 1.24 bits per heavy atom. The van der Waals surface area contributed by atoms with Gasteiger partial charge in [-0.25, -0.2) is 9.48 Å². The van der Waals surface area contributed by atoms with Crippen LogP contribution in [-0.2, 0) is 9.53 Å². The SMILES string of the molecule is COc1ccc(Br)c(C(=O)OC(C)C(=O)Nc2ccnn2C(C)C)c1. The third-order valence-corrected chi connectivity index (χ3v) is 4.15. The molecule has 8 heteroatoms. The lowest BCUT2D eigenvalue weighted by Gasteiger charge is -2.16. The quantitative estimate of drug-likeness (QED) is 0.738. The van der Waals surface area contributed by atoms with Gasteiger partial charge in [0.25, 0.3) is 5.91 Å². The number of aromatic nitrogens is 2. The number of esters is 1. The number of carbonyl (C=O) groups is 2. The van der Waals surface area contributed by atoms with Crippen molar-refractivity contribution in [2.45, 2.75) is 32.9 Å². The van der Waals surface area contributed by atoms with Crippen molar-refractivity contribution in [3.05, 3.63) is 40.5 Å². The third-order valence-electron chi connectivity index (χ3n) is 3.46. The van der Waals surface area contributed by atoms with Crippen molar-refractivity contribution in [1.29, 1.82) is 0 Å². The van der Waals surface area contributed by atoms with Gasteiger partial charge in [-0.15, -0.1) is 0 Å². The number of nitrogens with one attached hydrogen (secondary N) is 1. The van der Waals surface area contributed by atoms with E-state index in [1.807, 2.05) is 13.8 Å². The number of halogens is 1. The fraction of sp³-hybridized carbons (Fsp3) is 0.353. The molecule has 0 aliphatic heterocycles. The molecule has 25 heavy (non-hydrogen) atoms. The molecular weight excluding hydrogens is 390 g/mol. The molecule has 0 bridgehead atoms. The summed E-state index contributed by atoms with van der Waals surface area (Å²) in [5.74, 6) is 0.0131. The Bertz CT molecular complexity index is 773. The first kappa shape index (κ1) is 19.0. The average molecular weight is 410 g/mol. The summed E-state index contributed by atoms with van der Waals surface area (Å²) in [6.45, 7) is 5.41. The summed E-state index contributed by atoms with van der Waals surface area (Å²) in [7, 11) is 1.51. The third kappa shape index (κ3) is 4.60. The van der Waals surface area contributed by atoms with E-state index in [-0.39, 0.29) is 11.6 Å². The summed E-state index contributed by atoms with van der Waals surface area (Å²) in [6, 6.07) is 6.72. The molecule has 1 heterocycles. The van der Waals surface area contributed by atoms with Gasteiger partial charge in [0.05, 0.1) is 18.9 Å². The molecule has 1 unspecified atom stereocenters.